The van der Waals surface area contributed by atoms with Crippen molar-refractivity contribution in [3.63, 3.8) is 0 Å². The fraction of sp³-hybridized carbons (Fsp3) is 0.250. The number of tetrazole rings is 1. The molecular weight excluding hydrogens is 439 g/mol. The molecule has 0 bridgehead atoms. The van der Waals surface area contributed by atoms with Crippen LogP contribution in [0.1, 0.15) is 29.9 Å². The zero-order valence-corrected chi connectivity index (χ0v) is 17.4. The molecule has 0 fully saturated rings. The van der Waals surface area contributed by atoms with Gasteiger partial charge in [-0.05, 0) is 24.6 Å². The molecule has 1 aromatic carbocycles. The normalized spacial score (nSPS) is 11.7. The Morgan fingerprint density at radius 1 is 1.21 bits per heavy atom. The van der Waals surface area contributed by atoms with Gasteiger partial charge in [-0.15, -0.1) is 21.5 Å². The third-order valence-corrected chi connectivity index (χ3v) is 5.34. The number of rotatable bonds is 7. The Morgan fingerprint density at radius 2 is 2.03 bits per heavy atom. The lowest BCUT2D eigenvalue weighted by molar-refractivity contribution is -0.122. The zero-order valence-electron chi connectivity index (χ0n) is 15.1. The van der Waals surface area contributed by atoms with Gasteiger partial charge in [-0.1, -0.05) is 34.5 Å². The van der Waals surface area contributed by atoms with Gasteiger partial charge in [0.25, 0.3) is 0 Å². The van der Waals surface area contributed by atoms with Crippen molar-refractivity contribution < 1.29 is 9.59 Å². The van der Waals surface area contributed by atoms with Gasteiger partial charge in [0.05, 0.1) is 28.2 Å². The van der Waals surface area contributed by atoms with Crippen LogP contribution < -0.4 is 16.0 Å². The predicted molar refractivity (Wildman–Crippen MR) is 109 cm³/mol. The molecule has 3 amide bonds. The fourth-order valence-electron chi connectivity index (χ4n) is 2.22. The van der Waals surface area contributed by atoms with Gasteiger partial charge in [0.15, 0.2) is 11.0 Å². The van der Waals surface area contributed by atoms with Crippen LogP contribution >= 0.6 is 34.5 Å². The van der Waals surface area contributed by atoms with Crippen molar-refractivity contribution in [3.8, 4) is 0 Å². The molecule has 4 N–H and O–H groups in total. The third kappa shape index (κ3) is 5.86. The highest BCUT2D eigenvalue weighted by Gasteiger charge is 2.19. The molecule has 0 saturated heterocycles. The number of carbonyl (C=O) groups excluding carboxylic acids is 2. The first-order chi connectivity index (χ1) is 13.9. The molecule has 2 heterocycles. The van der Waals surface area contributed by atoms with E-state index < -0.39 is 11.9 Å². The van der Waals surface area contributed by atoms with Crippen LogP contribution in [0.25, 0.3) is 0 Å². The topological polar surface area (TPSA) is 138 Å². The summed E-state index contributed by atoms with van der Waals surface area (Å²) in [4.78, 5) is 28.4. The van der Waals surface area contributed by atoms with Gasteiger partial charge in [-0.2, -0.15) is 5.21 Å². The number of thiazole rings is 1. The van der Waals surface area contributed by atoms with Crippen LogP contribution in [0, 0.1) is 0 Å². The van der Waals surface area contributed by atoms with Crippen molar-refractivity contribution in [2.75, 3.05) is 5.32 Å². The van der Waals surface area contributed by atoms with E-state index in [0.29, 0.717) is 26.7 Å². The van der Waals surface area contributed by atoms with Gasteiger partial charge in [-0.25, -0.2) is 9.78 Å². The van der Waals surface area contributed by atoms with Crippen LogP contribution in [-0.4, -0.2) is 37.5 Å². The number of H-pyrrole nitrogens is 1. The molecule has 0 aliphatic heterocycles. The van der Waals surface area contributed by atoms with E-state index in [1.165, 1.54) is 11.3 Å². The number of aromatic amines is 1. The first-order valence-corrected chi connectivity index (χ1v) is 10.00. The summed E-state index contributed by atoms with van der Waals surface area (Å²) < 4.78 is 0. The molecular formula is C16H16Cl2N8O2S. The van der Waals surface area contributed by atoms with Crippen molar-refractivity contribution in [2.24, 2.45) is 0 Å². The van der Waals surface area contributed by atoms with Crippen LogP contribution in [0.5, 0.6) is 0 Å². The number of nitrogens with zero attached hydrogens (tertiary/aromatic N) is 4. The van der Waals surface area contributed by atoms with E-state index in [2.05, 4.69) is 41.6 Å². The maximum absolute atomic E-state index is 12.1. The number of anilines is 1. The number of carbonyl (C=O) groups is 2. The average Bonchev–Trinajstić information content (AvgIpc) is 3.38. The minimum absolute atomic E-state index is 0.212. The Bertz CT molecular complexity index is 995. The Morgan fingerprint density at radius 3 is 2.76 bits per heavy atom. The minimum Gasteiger partial charge on any atom is -0.350 e. The fourth-order valence-corrected chi connectivity index (χ4v) is 3.25. The summed E-state index contributed by atoms with van der Waals surface area (Å²) in [6.07, 6.45) is 0. The molecule has 29 heavy (non-hydrogen) atoms. The maximum atomic E-state index is 12.1. The Balaban J connectivity index is 1.45. The highest BCUT2D eigenvalue weighted by Crippen LogP contribution is 2.22. The number of benzene rings is 1. The van der Waals surface area contributed by atoms with Gasteiger partial charge in [-0.3, -0.25) is 10.1 Å². The van der Waals surface area contributed by atoms with Crippen molar-refractivity contribution in [2.45, 2.75) is 25.9 Å². The number of urea groups is 1. The lowest BCUT2D eigenvalue weighted by Crippen LogP contribution is -2.29. The average molecular weight is 455 g/mol. The molecule has 3 rings (SSSR count). The zero-order chi connectivity index (χ0) is 20.8. The summed E-state index contributed by atoms with van der Waals surface area (Å²) in [6, 6.07) is 4.71. The van der Waals surface area contributed by atoms with E-state index in [4.69, 9.17) is 23.2 Å². The highest BCUT2D eigenvalue weighted by atomic mass is 35.5. The first-order valence-electron chi connectivity index (χ1n) is 8.36. The summed E-state index contributed by atoms with van der Waals surface area (Å²) in [5.74, 6) is -0.493. The van der Waals surface area contributed by atoms with Crippen molar-refractivity contribution in [1.82, 2.24) is 36.2 Å². The van der Waals surface area contributed by atoms with E-state index in [1.807, 2.05) is 0 Å². The number of halogens is 2. The van der Waals surface area contributed by atoms with Crippen molar-refractivity contribution >= 4 is 51.6 Å². The molecule has 13 heteroatoms. The smallest absolute Gasteiger partial charge is 0.321 e. The molecule has 0 spiro atoms. The van der Waals surface area contributed by atoms with E-state index in [-0.39, 0.29) is 19.0 Å². The van der Waals surface area contributed by atoms with E-state index in [0.717, 1.165) is 5.56 Å². The standard InChI is InChI=1S/C16H16Cl2N8O2S/c1-8(13-23-25-26-24-13)14(27)19-6-10-7-29-16(21-10)22-15(28)20-5-9-2-3-11(17)12(18)4-9/h2-4,7-8H,5-6H2,1H3,(H,19,27)(H2,20,21,22,28)(H,23,24,25,26). The van der Waals surface area contributed by atoms with Gasteiger partial charge in [0.1, 0.15) is 0 Å². The molecule has 152 valence electrons. The Labute approximate surface area is 179 Å². The molecule has 1 unspecified atom stereocenters. The Hall–Kier alpha value is -2.76. The van der Waals surface area contributed by atoms with E-state index in [1.54, 1.807) is 30.5 Å². The molecule has 1 atom stereocenters. The van der Waals surface area contributed by atoms with Crippen LogP contribution in [-0.2, 0) is 17.9 Å². The highest BCUT2D eigenvalue weighted by molar-refractivity contribution is 7.13. The number of hydrogen-bond donors (Lipinski definition) is 4. The molecule has 0 radical (unpaired) electrons. The molecule has 0 saturated carbocycles. The summed E-state index contributed by atoms with van der Waals surface area (Å²) in [5, 5.41) is 24.4. The number of hydrogen-bond acceptors (Lipinski definition) is 7. The first kappa shape index (κ1) is 21.0. The maximum Gasteiger partial charge on any atom is 0.321 e. The quantitative estimate of drug-likeness (QED) is 0.432. The predicted octanol–water partition coefficient (Wildman–Crippen LogP) is 2.70. The number of amides is 3. The van der Waals surface area contributed by atoms with Crippen molar-refractivity contribution in [1.29, 1.82) is 0 Å². The lowest BCUT2D eigenvalue weighted by atomic mass is 10.1. The summed E-state index contributed by atoms with van der Waals surface area (Å²) in [6.45, 7) is 2.17. The van der Waals surface area contributed by atoms with Gasteiger partial charge >= 0.3 is 6.03 Å². The SMILES string of the molecule is CC(C(=O)NCc1csc(NC(=O)NCc2ccc(Cl)c(Cl)c2)n1)c1nn[nH]n1. The molecule has 10 nitrogen and oxygen atoms in total. The van der Waals surface area contributed by atoms with Crippen LogP contribution in [0.2, 0.25) is 10.0 Å². The largest absolute Gasteiger partial charge is 0.350 e. The van der Waals surface area contributed by atoms with Gasteiger partial charge < -0.3 is 10.6 Å². The second kappa shape index (κ2) is 9.63. The number of aromatic nitrogens is 5. The van der Waals surface area contributed by atoms with E-state index >= 15 is 0 Å². The van der Waals surface area contributed by atoms with Crippen molar-refractivity contribution in [3.05, 3.63) is 50.7 Å². The lowest BCUT2D eigenvalue weighted by Gasteiger charge is -2.07. The second-order valence-electron chi connectivity index (χ2n) is 5.91. The minimum atomic E-state index is -0.544. The second-order valence-corrected chi connectivity index (χ2v) is 7.58. The summed E-state index contributed by atoms with van der Waals surface area (Å²) in [7, 11) is 0. The third-order valence-electron chi connectivity index (χ3n) is 3.80. The van der Waals surface area contributed by atoms with Gasteiger partial charge in [0.2, 0.25) is 5.91 Å². The molecule has 3 aromatic rings. The van der Waals surface area contributed by atoms with Crippen LogP contribution in [0.4, 0.5) is 9.93 Å². The Kier molecular flexibility index (Phi) is 6.96. The monoisotopic (exact) mass is 454 g/mol. The molecule has 0 aliphatic carbocycles. The van der Waals surface area contributed by atoms with Gasteiger partial charge in [0, 0.05) is 11.9 Å². The van der Waals surface area contributed by atoms with E-state index in [9.17, 15) is 9.59 Å². The summed E-state index contributed by atoms with van der Waals surface area (Å²) >= 11 is 13.1. The molecule has 2 aromatic heterocycles. The van der Waals surface area contributed by atoms with Crippen LogP contribution in [0.3, 0.4) is 0 Å². The molecule has 0 aliphatic rings. The number of nitrogens with one attached hydrogen (secondary N) is 4. The summed E-state index contributed by atoms with van der Waals surface area (Å²) in [5.41, 5.74) is 1.43. The van der Waals surface area contributed by atoms with Crippen LogP contribution in [0.15, 0.2) is 23.6 Å².